The van der Waals surface area contributed by atoms with Crippen LogP contribution in [0.1, 0.15) is 13.8 Å². The summed E-state index contributed by atoms with van der Waals surface area (Å²) in [6, 6.07) is 6.17. The Labute approximate surface area is 118 Å². The lowest BCUT2D eigenvalue weighted by Gasteiger charge is -2.26. The van der Waals surface area contributed by atoms with Crippen molar-refractivity contribution in [3.8, 4) is 5.75 Å². The van der Waals surface area contributed by atoms with E-state index in [0.717, 1.165) is 6.92 Å². The highest BCUT2D eigenvalue weighted by molar-refractivity contribution is 8.02. The summed E-state index contributed by atoms with van der Waals surface area (Å²) in [5.74, 6) is -0.233. The van der Waals surface area contributed by atoms with Crippen molar-refractivity contribution < 1.29 is 22.7 Å². The SMILES string of the molecule is CC(=O)C(C)(COc1ccc(Cl)cc1)SC(F)(F)F. The molecule has 0 aromatic heterocycles. The van der Waals surface area contributed by atoms with Gasteiger partial charge in [-0.3, -0.25) is 4.79 Å². The van der Waals surface area contributed by atoms with E-state index in [1.54, 1.807) is 12.1 Å². The smallest absolute Gasteiger partial charge is 0.442 e. The molecule has 1 aromatic carbocycles. The molecule has 0 heterocycles. The summed E-state index contributed by atoms with van der Waals surface area (Å²) >= 11 is 5.31. The predicted octanol–water partition coefficient (Wildman–Crippen LogP) is 4.32. The summed E-state index contributed by atoms with van der Waals surface area (Å²) in [4.78, 5) is 11.4. The lowest BCUT2D eigenvalue weighted by Crippen LogP contribution is -2.39. The largest absolute Gasteiger partial charge is 0.492 e. The first-order valence-electron chi connectivity index (χ1n) is 5.29. The number of rotatable bonds is 5. The molecule has 19 heavy (non-hydrogen) atoms. The van der Waals surface area contributed by atoms with E-state index < -0.39 is 16.0 Å². The van der Waals surface area contributed by atoms with Gasteiger partial charge in [0.05, 0.1) is 0 Å². The third kappa shape index (κ3) is 5.32. The monoisotopic (exact) mass is 312 g/mol. The minimum atomic E-state index is -4.50. The van der Waals surface area contributed by atoms with Gasteiger partial charge in [0.15, 0.2) is 0 Å². The zero-order chi connectivity index (χ0) is 14.7. The van der Waals surface area contributed by atoms with Gasteiger partial charge in [0, 0.05) is 5.02 Å². The standard InChI is InChI=1S/C12H12ClF3O2S/c1-8(17)11(2,19-12(14,15)16)7-18-10-5-3-9(13)4-6-10/h3-6H,7H2,1-2H3. The number of carbonyl (C=O) groups is 1. The number of ketones is 1. The molecule has 0 saturated carbocycles. The zero-order valence-electron chi connectivity index (χ0n) is 10.3. The second-order valence-electron chi connectivity index (χ2n) is 4.08. The van der Waals surface area contributed by atoms with Crippen LogP contribution < -0.4 is 4.74 Å². The van der Waals surface area contributed by atoms with Crippen molar-refractivity contribution >= 4 is 29.1 Å². The Bertz CT molecular complexity index is 447. The van der Waals surface area contributed by atoms with Gasteiger partial charge in [0.1, 0.15) is 22.9 Å². The molecule has 0 fully saturated rings. The molecule has 1 rings (SSSR count). The molecule has 0 saturated heterocycles. The van der Waals surface area contributed by atoms with E-state index in [1.165, 1.54) is 19.1 Å². The van der Waals surface area contributed by atoms with Crippen molar-refractivity contribution in [2.24, 2.45) is 0 Å². The van der Waals surface area contributed by atoms with Gasteiger partial charge >= 0.3 is 5.51 Å². The first-order valence-corrected chi connectivity index (χ1v) is 6.48. The van der Waals surface area contributed by atoms with Gasteiger partial charge in [-0.05, 0) is 49.9 Å². The summed E-state index contributed by atoms with van der Waals surface area (Å²) in [5.41, 5.74) is -4.50. The number of halogens is 4. The van der Waals surface area contributed by atoms with Crippen LogP contribution in [0.25, 0.3) is 0 Å². The molecule has 0 aliphatic carbocycles. The first-order chi connectivity index (χ1) is 8.62. The van der Waals surface area contributed by atoms with Gasteiger partial charge in [0.2, 0.25) is 0 Å². The zero-order valence-corrected chi connectivity index (χ0v) is 11.8. The molecule has 0 N–H and O–H groups in total. The minimum absolute atomic E-state index is 0.361. The van der Waals surface area contributed by atoms with Crippen molar-refractivity contribution in [1.29, 1.82) is 0 Å². The maximum Gasteiger partial charge on any atom is 0.442 e. The summed E-state index contributed by atoms with van der Waals surface area (Å²) in [5, 5.41) is 0.492. The van der Waals surface area contributed by atoms with Crippen molar-refractivity contribution in [2.75, 3.05) is 6.61 Å². The number of hydrogen-bond donors (Lipinski definition) is 0. The van der Waals surface area contributed by atoms with E-state index in [9.17, 15) is 18.0 Å². The highest BCUT2D eigenvalue weighted by atomic mass is 35.5. The normalized spacial score (nSPS) is 14.8. The van der Waals surface area contributed by atoms with E-state index in [1.807, 2.05) is 0 Å². The molecule has 1 unspecified atom stereocenters. The van der Waals surface area contributed by atoms with Gasteiger partial charge in [-0.1, -0.05) is 11.6 Å². The maximum atomic E-state index is 12.4. The van der Waals surface area contributed by atoms with Gasteiger partial charge in [-0.25, -0.2) is 0 Å². The minimum Gasteiger partial charge on any atom is -0.492 e. The van der Waals surface area contributed by atoms with E-state index in [0.29, 0.717) is 10.8 Å². The summed E-state index contributed by atoms with van der Waals surface area (Å²) in [7, 11) is 0. The Morgan fingerprint density at radius 1 is 1.32 bits per heavy atom. The Morgan fingerprint density at radius 3 is 2.26 bits per heavy atom. The fourth-order valence-corrected chi connectivity index (χ4v) is 2.11. The first kappa shape index (κ1) is 16.2. The number of Topliss-reactive ketones (excluding diaryl/α,β-unsaturated/α-hetero) is 1. The molecule has 106 valence electrons. The quantitative estimate of drug-likeness (QED) is 0.810. The molecule has 0 bridgehead atoms. The van der Waals surface area contributed by atoms with E-state index in [2.05, 4.69) is 0 Å². The van der Waals surface area contributed by atoms with Crippen LogP contribution >= 0.6 is 23.4 Å². The number of carbonyl (C=O) groups excluding carboxylic acids is 1. The maximum absolute atomic E-state index is 12.4. The second kappa shape index (κ2) is 6.05. The van der Waals surface area contributed by atoms with Crippen LogP contribution in [0.2, 0.25) is 5.02 Å². The number of benzene rings is 1. The van der Waals surface area contributed by atoms with E-state index in [-0.39, 0.29) is 18.4 Å². The third-order valence-electron chi connectivity index (χ3n) is 2.41. The Kier molecular flexibility index (Phi) is 5.15. The van der Waals surface area contributed by atoms with E-state index in [4.69, 9.17) is 16.3 Å². The highest BCUT2D eigenvalue weighted by Crippen LogP contribution is 2.41. The molecule has 7 heteroatoms. The van der Waals surface area contributed by atoms with Crippen LogP contribution in [0.15, 0.2) is 24.3 Å². The molecular weight excluding hydrogens is 301 g/mol. The van der Waals surface area contributed by atoms with Crippen LogP contribution in [0.3, 0.4) is 0 Å². The lowest BCUT2D eigenvalue weighted by atomic mass is 10.1. The van der Waals surface area contributed by atoms with E-state index >= 15 is 0 Å². The van der Waals surface area contributed by atoms with Gasteiger partial charge in [-0.2, -0.15) is 13.2 Å². The molecule has 2 nitrogen and oxygen atoms in total. The Morgan fingerprint density at radius 2 is 1.84 bits per heavy atom. The van der Waals surface area contributed by atoms with Crippen LogP contribution in [0.5, 0.6) is 5.75 Å². The van der Waals surface area contributed by atoms with Crippen molar-refractivity contribution in [2.45, 2.75) is 24.1 Å². The average molecular weight is 313 g/mol. The molecular formula is C12H12ClF3O2S. The highest BCUT2D eigenvalue weighted by Gasteiger charge is 2.44. The average Bonchev–Trinajstić information content (AvgIpc) is 2.26. The molecule has 0 spiro atoms. The van der Waals surface area contributed by atoms with Gasteiger partial charge in [0.25, 0.3) is 0 Å². The predicted molar refractivity (Wildman–Crippen MR) is 69.7 cm³/mol. The third-order valence-corrected chi connectivity index (χ3v) is 3.75. The number of thioether (sulfide) groups is 1. The number of ether oxygens (including phenoxy) is 1. The van der Waals surface area contributed by atoms with Crippen molar-refractivity contribution in [1.82, 2.24) is 0 Å². The molecule has 0 amide bonds. The molecule has 0 radical (unpaired) electrons. The Hall–Kier alpha value is -0.880. The van der Waals surface area contributed by atoms with Crippen molar-refractivity contribution in [3.63, 3.8) is 0 Å². The summed E-state index contributed by atoms with van der Waals surface area (Å²) in [6.07, 6.45) is 0. The number of hydrogen-bond acceptors (Lipinski definition) is 3. The van der Waals surface area contributed by atoms with Crippen LogP contribution in [0.4, 0.5) is 13.2 Å². The Balaban J connectivity index is 2.74. The fraction of sp³-hybridized carbons (Fsp3) is 0.417. The molecule has 0 aliphatic rings. The summed E-state index contributed by atoms with van der Waals surface area (Å²) < 4.78 is 40.8. The van der Waals surface area contributed by atoms with Gasteiger partial charge in [-0.15, -0.1) is 0 Å². The van der Waals surface area contributed by atoms with Crippen LogP contribution in [-0.2, 0) is 4.79 Å². The molecule has 0 aliphatic heterocycles. The summed E-state index contributed by atoms with van der Waals surface area (Å²) in [6.45, 7) is 1.96. The lowest BCUT2D eigenvalue weighted by molar-refractivity contribution is -0.120. The second-order valence-corrected chi connectivity index (χ2v) is 6.08. The fourth-order valence-electron chi connectivity index (χ4n) is 1.21. The molecule has 1 atom stereocenters. The molecule has 1 aromatic rings. The van der Waals surface area contributed by atoms with Crippen molar-refractivity contribution in [3.05, 3.63) is 29.3 Å². The number of alkyl halides is 3. The van der Waals surface area contributed by atoms with Gasteiger partial charge < -0.3 is 4.74 Å². The van der Waals surface area contributed by atoms with Crippen LogP contribution in [0, 0.1) is 0 Å². The van der Waals surface area contributed by atoms with Crippen LogP contribution in [-0.4, -0.2) is 22.6 Å². The topological polar surface area (TPSA) is 26.3 Å².